The molecule has 1 aromatic rings. The summed E-state index contributed by atoms with van der Waals surface area (Å²) in [7, 11) is 0. The lowest BCUT2D eigenvalue weighted by atomic mass is 9.83. The summed E-state index contributed by atoms with van der Waals surface area (Å²) in [5, 5.41) is 0. The van der Waals surface area contributed by atoms with E-state index in [1.807, 2.05) is 0 Å². The van der Waals surface area contributed by atoms with Crippen molar-refractivity contribution in [3.05, 3.63) is 35.9 Å². The predicted molar refractivity (Wildman–Crippen MR) is 87.3 cm³/mol. The van der Waals surface area contributed by atoms with Gasteiger partial charge in [0.2, 0.25) is 5.91 Å². The van der Waals surface area contributed by atoms with E-state index in [9.17, 15) is 4.79 Å². The molecule has 22 heavy (non-hydrogen) atoms. The summed E-state index contributed by atoms with van der Waals surface area (Å²) in [5.41, 5.74) is 1.39. The van der Waals surface area contributed by atoms with Crippen LogP contribution in [-0.4, -0.2) is 41.4 Å². The van der Waals surface area contributed by atoms with Gasteiger partial charge in [-0.05, 0) is 37.2 Å². The number of rotatable bonds is 3. The summed E-state index contributed by atoms with van der Waals surface area (Å²) < 4.78 is 0. The number of nitrogens with zero attached hydrogens (tertiary/aromatic N) is 2. The van der Waals surface area contributed by atoms with Crippen LogP contribution in [0.1, 0.15) is 37.7 Å². The van der Waals surface area contributed by atoms with Crippen molar-refractivity contribution in [2.45, 2.75) is 44.7 Å². The van der Waals surface area contributed by atoms with Gasteiger partial charge in [-0.15, -0.1) is 0 Å². The molecule has 5 rings (SSSR count). The predicted octanol–water partition coefficient (Wildman–Crippen LogP) is 2.91. The van der Waals surface area contributed by atoms with E-state index < -0.39 is 0 Å². The van der Waals surface area contributed by atoms with E-state index in [4.69, 9.17) is 0 Å². The molecule has 0 unspecified atom stereocenters. The number of carbonyl (C=O) groups excluding carboxylic acids is 1. The molecule has 118 valence electrons. The van der Waals surface area contributed by atoms with Crippen molar-refractivity contribution < 1.29 is 4.79 Å². The summed E-state index contributed by atoms with van der Waals surface area (Å²) in [5.74, 6) is 1.48. The molecule has 3 heteroatoms. The summed E-state index contributed by atoms with van der Waals surface area (Å²) in [6.45, 7) is 4.24. The third-order valence-electron chi connectivity index (χ3n) is 5.78. The minimum Gasteiger partial charge on any atom is -0.338 e. The van der Waals surface area contributed by atoms with Crippen LogP contribution in [0, 0.1) is 11.8 Å². The summed E-state index contributed by atoms with van der Waals surface area (Å²) in [6, 6.07) is 11.2. The molecule has 0 spiro atoms. The average molecular weight is 298 g/mol. The van der Waals surface area contributed by atoms with Crippen LogP contribution in [0.15, 0.2) is 30.3 Å². The molecule has 0 N–H and O–H groups in total. The van der Waals surface area contributed by atoms with Gasteiger partial charge in [0, 0.05) is 38.1 Å². The summed E-state index contributed by atoms with van der Waals surface area (Å²) >= 11 is 0. The number of fused-ring (bicyclic) bond motifs is 4. The highest BCUT2D eigenvalue weighted by atomic mass is 16.2. The van der Waals surface area contributed by atoms with Crippen LogP contribution in [-0.2, 0) is 11.3 Å². The molecular formula is C19H26N2O. The van der Waals surface area contributed by atoms with Gasteiger partial charge in [-0.25, -0.2) is 0 Å². The van der Waals surface area contributed by atoms with Crippen molar-refractivity contribution in [3.8, 4) is 0 Å². The fraction of sp³-hybridized carbons (Fsp3) is 0.632. The Hall–Kier alpha value is -1.35. The van der Waals surface area contributed by atoms with Gasteiger partial charge in [-0.2, -0.15) is 0 Å². The minimum absolute atomic E-state index is 0.349. The van der Waals surface area contributed by atoms with Crippen LogP contribution < -0.4 is 0 Å². The molecular weight excluding hydrogens is 272 g/mol. The highest BCUT2D eigenvalue weighted by Gasteiger charge is 2.40. The second-order valence-electron chi connectivity index (χ2n) is 7.40. The topological polar surface area (TPSA) is 23.6 Å². The fourth-order valence-corrected chi connectivity index (χ4v) is 4.31. The molecule has 0 aromatic heterocycles. The van der Waals surface area contributed by atoms with Crippen LogP contribution >= 0.6 is 0 Å². The van der Waals surface area contributed by atoms with Crippen molar-refractivity contribution in [1.29, 1.82) is 0 Å². The van der Waals surface area contributed by atoms with Crippen molar-refractivity contribution in [1.82, 2.24) is 9.80 Å². The van der Waals surface area contributed by atoms with Gasteiger partial charge in [0.1, 0.15) is 0 Å². The highest BCUT2D eigenvalue weighted by Crippen LogP contribution is 2.34. The van der Waals surface area contributed by atoms with Gasteiger partial charge < -0.3 is 4.90 Å². The van der Waals surface area contributed by atoms with Crippen molar-refractivity contribution >= 4 is 5.91 Å². The van der Waals surface area contributed by atoms with Gasteiger partial charge in [-0.1, -0.05) is 36.8 Å². The van der Waals surface area contributed by atoms with Gasteiger partial charge >= 0.3 is 0 Å². The first-order chi connectivity index (χ1) is 10.8. The SMILES string of the molecule is O=C(C1CCC1)N1C[C@@H]2CC[C@H]1CN(Cc1ccccc1)C2. The van der Waals surface area contributed by atoms with Gasteiger partial charge in [0.15, 0.2) is 0 Å². The van der Waals surface area contributed by atoms with E-state index in [0.717, 1.165) is 39.0 Å². The van der Waals surface area contributed by atoms with E-state index >= 15 is 0 Å². The van der Waals surface area contributed by atoms with Crippen molar-refractivity contribution in [2.75, 3.05) is 19.6 Å². The minimum atomic E-state index is 0.349. The van der Waals surface area contributed by atoms with Crippen molar-refractivity contribution in [2.24, 2.45) is 11.8 Å². The maximum absolute atomic E-state index is 12.7. The normalized spacial score (nSPS) is 29.2. The molecule has 4 fully saturated rings. The Kier molecular flexibility index (Phi) is 3.91. The van der Waals surface area contributed by atoms with Crippen LogP contribution in [0.5, 0.6) is 0 Å². The van der Waals surface area contributed by atoms with E-state index in [-0.39, 0.29) is 0 Å². The number of hydrogen-bond acceptors (Lipinski definition) is 2. The molecule has 1 amide bonds. The number of piperidine rings is 1. The zero-order valence-electron chi connectivity index (χ0n) is 13.3. The Bertz CT molecular complexity index is 525. The summed E-state index contributed by atoms with van der Waals surface area (Å²) in [6.07, 6.45) is 6.00. The monoisotopic (exact) mass is 298 g/mol. The molecule has 3 saturated heterocycles. The zero-order valence-corrected chi connectivity index (χ0v) is 13.3. The quantitative estimate of drug-likeness (QED) is 0.856. The fourth-order valence-electron chi connectivity index (χ4n) is 4.31. The van der Waals surface area contributed by atoms with E-state index in [1.165, 1.54) is 24.8 Å². The molecule has 3 aliphatic heterocycles. The van der Waals surface area contributed by atoms with Gasteiger partial charge in [0.25, 0.3) is 0 Å². The van der Waals surface area contributed by atoms with Gasteiger partial charge in [0.05, 0.1) is 0 Å². The van der Waals surface area contributed by atoms with Gasteiger partial charge in [-0.3, -0.25) is 9.69 Å². The number of carbonyl (C=O) groups is 1. The standard InChI is InChI=1S/C19H26N2O/c22-19(17-7-4-8-17)21-13-16-9-10-18(21)14-20(12-16)11-15-5-2-1-3-6-15/h1-3,5-6,16-18H,4,7-14H2/t16-,18+/m1/s1. The first-order valence-corrected chi connectivity index (χ1v) is 8.86. The molecule has 1 saturated carbocycles. The molecule has 3 nitrogen and oxygen atoms in total. The third-order valence-corrected chi connectivity index (χ3v) is 5.78. The molecule has 1 aliphatic carbocycles. The first-order valence-electron chi connectivity index (χ1n) is 8.86. The first kappa shape index (κ1) is 14.3. The van der Waals surface area contributed by atoms with E-state index in [1.54, 1.807) is 0 Å². The lowest BCUT2D eigenvalue weighted by molar-refractivity contribution is -0.142. The average Bonchev–Trinajstić information content (AvgIpc) is 2.76. The maximum Gasteiger partial charge on any atom is 0.225 e. The number of benzene rings is 1. The Balaban J connectivity index is 1.45. The Morgan fingerprint density at radius 3 is 2.55 bits per heavy atom. The van der Waals surface area contributed by atoms with E-state index in [2.05, 4.69) is 40.1 Å². The molecule has 2 atom stereocenters. The van der Waals surface area contributed by atoms with Crippen LogP contribution in [0.3, 0.4) is 0 Å². The molecule has 0 radical (unpaired) electrons. The van der Waals surface area contributed by atoms with E-state index in [0.29, 0.717) is 23.8 Å². The second-order valence-corrected chi connectivity index (χ2v) is 7.40. The molecule has 3 heterocycles. The maximum atomic E-state index is 12.7. The Morgan fingerprint density at radius 2 is 1.82 bits per heavy atom. The van der Waals surface area contributed by atoms with Crippen molar-refractivity contribution in [3.63, 3.8) is 0 Å². The number of amides is 1. The smallest absolute Gasteiger partial charge is 0.225 e. The largest absolute Gasteiger partial charge is 0.338 e. The summed E-state index contributed by atoms with van der Waals surface area (Å²) in [4.78, 5) is 17.5. The molecule has 4 aliphatic rings. The van der Waals surface area contributed by atoms with Crippen LogP contribution in [0.2, 0.25) is 0 Å². The molecule has 2 bridgehead atoms. The van der Waals surface area contributed by atoms with Crippen LogP contribution in [0.25, 0.3) is 0 Å². The lowest BCUT2D eigenvalue weighted by Crippen LogP contribution is -2.50. The zero-order chi connectivity index (χ0) is 14.9. The van der Waals surface area contributed by atoms with Crippen LogP contribution in [0.4, 0.5) is 0 Å². The number of hydrogen-bond donors (Lipinski definition) is 0. The Morgan fingerprint density at radius 1 is 1.00 bits per heavy atom. The molecule has 1 aromatic carbocycles. The highest BCUT2D eigenvalue weighted by molar-refractivity contribution is 5.80. The Labute approximate surface area is 133 Å². The lowest BCUT2D eigenvalue weighted by Gasteiger charge is -2.40. The second kappa shape index (κ2) is 6.04. The third kappa shape index (κ3) is 2.79.